The number of aliphatic hydroxyl groups is 1. The fourth-order valence-electron chi connectivity index (χ4n) is 2.22. The van der Waals surface area contributed by atoms with E-state index in [2.05, 4.69) is 10.3 Å². The quantitative estimate of drug-likeness (QED) is 0.887. The number of imidazole rings is 1. The van der Waals surface area contributed by atoms with Crippen molar-refractivity contribution in [3.8, 4) is 5.69 Å². The summed E-state index contributed by atoms with van der Waals surface area (Å²) in [6, 6.07) is 7.59. The molecule has 2 atom stereocenters. The Hall–Kier alpha value is -2.34. The van der Waals surface area contributed by atoms with Crippen LogP contribution in [0.1, 0.15) is 25.5 Å². The second-order valence-corrected chi connectivity index (χ2v) is 5.47. The standard InChI is InChI=1S/C16H22N4O2/c1-12(21)10-19(3)16(22)18-13(2)14-5-4-6-15(9-14)20-8-7-17-11-20/h4-9,11-13,21H,10H2,1-3H3,(H,18,22). The van der Waals surface area contributed by atoms with Gasteiger partial charge >= 0.3 is 6.03 Å². The van der Waals surface area contributed by atoms with Crippen LogP contribution in [0.3, 0.4) is 0 Å². The molecule has 0 bridgehead atoms. The Labute approximate surface area is 130 Å². The van der Waals surface area contributed by atoms with E-state index < -0.39 is 6.10 Å². The van der Waals surface area contributed by atoms with Crippen LogP contribution in [0.2, 0.25) is 0 Å². The summed E-state index contributed by atoms with van der Waals surface area (Å²) in [6.07, 6.45) is 4.79. The third kappa shape index (κ3) is 4.08. The molecule has 2 rings (SSSR count). The van der Waals surface area contributed by atoms with E-state index in [1.54, 1.807) is 26.5 Å². The zero-order valence-electron chi connectivity index (χ0n) is 13.1. The number of nitrogens with zero attached hydrogens (tertiary/aromatic N) is 3. The number of amides is 2. The van der Waals surface area contributed by atoms with Crippen LogP contribution in [0, 0.1) is 0 Å². The first-order valence-corrected chi connectivity index (χ1v) is 7.25. The lowest BCUT2D eigenvalue weighted by Crippen LogP contribution is -2.41. The molecule has 0 aliphatic rings. The molecule has 6 nitrogen and oxygen atoms in total. The Balaban J connectivity index is 2.05. The van der Waals surface area contributed by atoms with Crippen molar-refractivity contribution in [2.75, 3.05) is 13.6 Å². The van der Waals surface area contributed by atoms with Gasteiger partial charge in [0.25, 0.3) is 0 Å². The van der Waals surface area contributed by atoms with E-state index in [1.807, 2.05) is 42.0 Å². The molecule has 118 valence electrons. The van der Waals surface area contributed by atoms with Crippen LogP contribution in [0.4, 0.5) is 4.79 Å². The van der Waals surface area contributed by atoms with Crippen molar-refractivity contribution in [1.29, 1.82) is 0 Å². The number of hydrogen-bond donors (Lipinski definition) is 2. The van der Waals surface area contributed by atoms with Gasteiger partial charge in [-0.2, -0.15) is 0 Å². The van der Waals surface area contributed by atoms with Gasteiger partial charge in [-0.1, -0.05) is 12.1 Å². The first-order chi connectivity index (χ1) is 10.5. The molecule has 6 heteroatoms. The lowest BCUT2D eigenvalue weighted by Gasteiger charge is -2.23. The number of carbonyl (C=O) groups is 1. The Kier molecular flexibility index (Phi) is 5.16. The van der Waals surface area contributed by atoms with Crippen LogP contribution in [0.25, 0.3) is 5.69 Å². The predicted octanol–water partition coefficient (Wildman–Crippen LogP) is 1.96. The summed E-state index contributed by atoms with van der Waals surface area (Å²) < 4.78 is 1.91. The van der Waals surface area contributed by atoms with Crippen molar-refractivity contribution >= 4 is 6.03 Å². The number of hydrogen-bond acceptors (Lipinski definition) is 3. The lowest BCUT2D eigenvalue weighted by molar-refractivity contribution is 0.142. The highest BCUT2D eigenvalue weighted by atomic mass is 16.3. The van der Waals surface area contributed by atoms with Crippen molar-refractivity contribution in [3.63, 3.8) is 0 Å². The van der Waals surface area contributed by atoms with Gasteiger partial charge in [0, 0.05) is 31.7 Å². The Morgan fingerprint density at radius 1 is 1.45 bits per heavy atom. The molecule has 2 amide bonds. The summed E-state index contributed by atoms with van der Waals surface area (Å²) >= 11 is 0. The molecule has 1 heterocycles. The molecule has 0 saturated heterocycles. The van der Waals surface area contributed by atoms with Gasteiger partial charge in [0.15, 0.2) is 0 Å². The van der Waals surface area contributed by atoms with Gasteiger partial charge in [-0.25, -0.2) is 9.78 Å². The average molecular weight is 302 g/mol. The molecule has 0 radical (unpaired) electrons. The monoisotopic (exact) mass is 302 g/mol. The molecule has 0 spiro atoms. The fraction of sp³-hybridized carbons (Fsp3) is 0.375. The van der Waals surface area contributed by atoms with E-state index in [1.165, 1.54) is 4.90 Å². The van der Waals surface area contributed by atoms with Gasteiger partial charge < -0.3 is 19.9 Å². The van der Waals surface area contributed by atoms with Crippen LogP contribution in [-0.2, 0) is 0 Å². The molecule has 0 aliphatic carbocycles. The van der Waals surface area contributed by atoms with Gasteiger partial charge in [0.05, 0.1) is 18.5 Å². The number of benzene rings is 1. The maximum atomic E-state index is 12.1. The zero-order chi connectivity index (χ0) is 16.1. The number of aromatic nitrogens is 2. The maximum absolute atomic E-state index is 12.1. The summed E-state index contributed by atoms with van der Waals surface area (Å²) in [5.74, 6) is 0. The van der Waals surface area contributed by atoms with E-state index in [9.17, 15) is 9.90 Å². The summed E-state index contributed by atoms with van der Waals surface area (Å²) in [7, 11) is 1.66. The van der Waals surface area contributed by atoms with Gasteiger partial charge in [-0.15, -0.1) is 0 Å². The van der Waals surface area contributed by atoms with Gasteiger partial charge in [-0.3, -0.25) is 0 Å². The van der Waals surface area contributed by atoms with Crippen molar-refractivity contribution in [1.82, 2.24) is 19.8 Å². The number of carbonyl (C=O) groups excluding carboxylic acids is 1. The number of rotatable bonds is 5. The topological polar surface area (TPSA) is 70.4 Å². The third-order valence-corrected chi connectivity index (χ3v) is 3.40. The van der Waals surface area contributed by atoms with Crippen LogP contribution < -0.4 is 5.32 Å². The van der Waals surface area contributed by atoms with E-state index in [-0.39, 0.29) is 12.1 Å². The van der Waals surface area contributed by atoms with Crippen molar-refractivity contribution in [3.05, 3.63) is 48.5 Å². The zero-order valence-corrected chi connectivity index (χ0v) is 13.1. The highest BCUT2D eigenvalue weighted by Crippen LogP contribution is 2.17. The molecule has 0 saturated carbocycles. The summed E-state index contributed by atoms with van der Waals surface area (Å²) in [4.78, 5) is 17.6. The lowest BCUT2D eigenvalue weighted by atomic mass is 10.1. The predicted molar refractivity (Wildman–Crippen MR) is 84.8 cm³/mol. The molecular formula is C16H22N4O2. The van der Waals surface area contributed by atoms with Crippen LogP contribution in [0.15, 0.2) is 43.0 Å². The molecule has 22 heavy (non-hydrogen) atoms. The largest absolute Gasteiger partial charge is 0.392 e. The van der Waals surface area contributed by atoms with Crippen LogP contribution in [0.5, 0.6) is 0 Å². The molecule has 1 aromatic heterocycles. The SMILES string of the molecule is CC(O)CN(C)C(=O)NC(C)c1cccc(-n2ccnc2)c1. The van der Waals surface area contributed by atoms with E-state index in [0.29, 0.717) is 6.54 Å². The number of nitrogens with one attached hydrogen (secondary N) is 1. The van der Waals surface area contributed by atoms with Crippen molar-refractivity contribution < 1.29 is 9.90 Å². The van der Waals surface area contributed by atoms with Gasteiger partial charge in [0.2, 0.25) is 0 Å². The third-order valence-electron chi connectivity index (χ3n) is 3.40. The minimum absolute atomic E-state index is 0.132. The van der Waals surface area contributed by atoms with E-state index in [4.69, 9.17) is 0 Å². The Bertz CT molecular complexity index is 610. The number of likely N-dealkylation sites (N-methyl/N-ethyl adjacent to an activating group) is 1. The normalized spacial score (nSPS) is 13.5. The highest BCUT2D eigenvalue weighted by molar-refractivity contribution is 5.74. The molecule has 2 unspecified atom stereocenters. The van der Waals surface area contributed by atoms with E-state index in [0.717, 1.165) is 11.3 Å². The summed E-state index contributed by atoms with van der Waals surface area (Å²) in [5.41, 5.74) is 2.00. The first kappa shape index (κ1) is 16.0. The molecule has 0 aliphatic heterocycles. The molecule has 1 aromatic carbocycles. The van der Waals surface area contributed by atoms with Crippen LogP contribution in [-0.4, -0.2) is 45.3 Å². The summed E-state index contributed by atoms with van der Waals surface area (Å²) in [6.45, 7) is 3.89. The average Bonchev–Trinajstić information content (AvgIpc) is 3.00. The minimum Gasteiger partial charge on any atom is -0.392 e. The molecule has 0 fully saturated rings. The number of urea groups is 1. The summed E-state index contributed by atoms with van der Waals surface area (Å²) in [5, 5.41) is 12.3. The molecule has 2 N–H and O–H groups in total. The number of aliphatic hydroxyl groups excluding tert-OH is 1. The maximum Gasteiger partial charge on any atom is 0.317 e. The molecular weight excluding hydrogens is 280 g/mol. The first-order valence-electron chi connectivity index (χ1n) is 7.25. The van der Waals surface area contributed by atoms with Crippen molar-refractivity contribution in [2.24, 2.45) is 0 Å². The second kappa shape index (κ2) is 7.09. The van der Waals surface area contributed by atoms with E-state index >= 15 is 0 Å². The highest BCUT2D eigenvalue weighted by Gasteiger charge is 2.15. The Morgan fingerprint density at radius 3 is 2.86 bits per heavy atom. The van der Waals surface area contributed by atoms with Gasteiger partial charge in [0.1, 0.15) is 0 Å². The Morgan fingerprint density at radius 2 is 2.23 bits per heavy atom. The molecule has 2 aromatic rings. The fourth-order valence-corrected chi connectivity index (χ4v) is 2.22. The van der Waals surface area contributed by atoms with Gasteiger partial charge in [-0.05, 0) is 31.5 Å². The smallest absolute Gasteiger partial charge is 0.317 e. The minimum atomic E-state index is -0.546. The van der Waals surface area contributed by atoms with Crippen LogP contribution >= 0.6 is 0 Å². The second-order valence-electron chi connectivity index (χ2n) is 5.47. The van der Waals surface area contributed by atoms with Crippen molar-refractivity contribution in [2.45, 2.75) is 26.0 Å².